The number of hydrogen-bond donors (Lipinski definition) is 2. The number of nitrogens with zero attached hydrogens (tertiary/aromatic N) is 6. The highest BCUT2D eigenvalue weighted by Crippen LogP contribution is 2.55. The highest BCUT2D eigenvalue weighted by atomic mass is 35.5. The standard InChI is InChI=1S/2C26H25F3N4O.ClH/c2*27-26(28,29)20-5-3-18(4-6-20)16-19-2-1-15-33-22(19)21(17-31-33)23(34)32-25-10-7-24(8-11-25,9-12-25)13-14-30;/h2*1-6,15,17H,7-13,16H2,(H,32,34);1H. The van der Waals surface area contributed by atoms with Gasteiger partial charge in [-0.25, -0.2) is 9.03 Å². The van der Waals surface area contributed by atoms with E-state index in [1.54, 1.807) is 33.8 Å². The number of aromatic nitrogens is 4. The van der Waals surface area contributed by atoms with Crippen LogP contribution in [0.25, 0.3) is 11.0 Å². The zero-order valence-electron chi connectivity index (χ0n) is 37.7. The number of benzene rings is 2. The van der Waals surface area contributed by atoms with Gasteiger partial charge in [-0.2, -0.15) is 47.1 Å². The lowest BCUT2D eigenvalue weighted by Gasteiger charge is -2.53. The predicted molar refractivity (Wildman–Crippen MR) is 247 cm³/mol. The number of pyridine rings is 2. The van der Waals surface area contributed by atoms with Crippen LogP contribution in [-0.4, -0.2) is 42.1 Å². The van der Waals surface area contributed by atoms with Crippen molar-refractivity contribution in [2.45, 2.75) is 126 Å². The van der Waals surface area contributed by atoms with E-state index >= 15 is 0 Å². The van der Waals surface area contributed by atoms with Crippen molar-refractivity contribution in [2.24, 2.45) is 10.8 Å². The summed E-state index contributed by atoms with van der Waals surface area (Å²) in [6.45, 7) is 0. The Labute approximate surface area is 401 Å². The molecule has 4 bridgehead atoms. The Morgan fingerprint density at radius 2 is 0.884 bits per heavy atom. The number of hydrogen-bond acceptors (Lipinski definition) is 6. The minimum absolute atomic E-state index is 0. The van der Waals surface area contributed by atoms with E-state index in [1.807, 2.05) is 24.3 Å². The van der Waals surface area contributed by atoms with Crippen molar-refractivity contribution in [3.8, 4) is 12.1 Å². The summed E-state index contributed by atoms with van der Waals surface area (Å²) in [7, 11) is 0. The summed E-state index contributed by atoms with van der Waals surface area (Å²) >= 11 is 0. The Morgan fingerprint density at radius 1 is 0.551 bits per heavy atom. The predicted octanol–water partition coefficient (Wildman–Crippen LogP) is 11.8. The van der Waals surface area contributed by atoms with Gasteiger partial charge in [-0.05, 0) is 159 Å². The molecule has 0 saturated heterocycles. The zero-order chi connectivity index (χ0) is 48.0. The van der Waals surface area contributed by atoms with Crippen LogP contribution in [0.3, 0.4) is 0 Å². The molecule has 0 radical (unpaired) electrons. The summed E-state index contributed by atoms with van der Waals surface area (Å²) in [4.78, 5) is 26.8. The summed E-state index contributed by atoms with van der Waals surface area (Å²) in [5, 5.41) is 33.6. The molecule has 0 atom stereocenters. The van der Waals surface area contributed by atoms with Gasteiger partial charge in [-0.3, -0.25) is 9.59 Å². The average Bonchev–Trinajstić information content (AvgIpc) is 3.97. The van der Waals surface area contributed by atoms with Crippen LogP contribution in [0, 0.1) is 33.5 Å². The van der Waals surface area contributed by atoms with E-state index in [2.05, 4.69) is 33.0 Å². The van der Waals surface area contributed by atoms with Gasteiger partial charge < -0.3 is 10.6 Å². The molecule has 6 aliphatic rings. The van der Waals surface area contributed by atoms with Crippen LogP contribution < -0.4 is 10.6 Å². The molecular formula is C52H51ClF6N8O2. The first-order chi connectivity index (χ1) is 32.5. The highest BCUT2D eigenvalue weighted by molar-refractivity contribution is 6.02. The summed E-state index contributed by atoms with van der Waals surface area (Å²) < 4.78 is 80.7. The first-order valence-corrected chi connectivity index (χ1v) is 23.1. The number of nitrogens with one attached hydrogen (secondary N) is 2. The van der Waals surface area contributed by atoms with Crippen molar-refractivity contribution in [3.63, 3.8) is 0 Å². The fourth-order valence-electron chi connectivity index (χ4n) is 11.3. The van der Waals surface area contributed by atoms with Crippen molar-refractivity contribution in [3.05, 3.63) is 142 Å². The van der Waals surface area contributed by atoms with E-state index in [0.717, 1.165) is 124 Å². The molecule has 0 spiro atoms. The number of carbonyl (C=O) groups is 2. The first-order valence-electron chi connectivity index (χ1n) is 23.1. The summed E-state index contributed by atoms with van der Waals surface area (Å²) in [5.74, 6) is -0.353. The van der Waals surface area contributed by atoms with Gasteiger partial charge in [0.05, 0.1) is 57.8 Å². The van der Waals surface area contributed by atoms with E-state index in [0.29, 0.717) is 47.8 Å². The van der Waals surface area contributed by atoms with Gasteiger partial charge in [-0.15, -0.1) is 12.4 Å². The van der Waals surface area contributed by atoms with E-state index in [9.17, 15) is 35.9 Å². The first kappa shape index (κ1) is 49.0. The maximum atomic E-state index is 13.4. The van der Waals surface area contributed by atoms with Crippen LogP contribution in [0.15, 0.2) is 97.6 Å². The van der Waals surface area contributed by atoms with E-state index in [-0.39, 0.29) is 46.1 Å². The van der Waals surface area contributed by atoms with Gasteiger partial charge in [0.25, 0.3) is 11.8 Å². The lowest BCUT2D eigenvalue weighted by molar-refractivity contribution is -0.138. The number of nitriles is 2. The Hall–Kier alpha value is -6.39. The van der Waals surface area contributed by atoms with Crippen molar-refractivity contribution in [1.82, 2.24) is 29.9 Å². The highest BCUT2D eigenvalue weighted by Gasteiger charge is 2.50. The van der Waals surface area contributed by atoms with Crippen molar-refractivity contribution < 1.29 is 35.9 Å². The lowest BCUT2D eigenvalue weighted by atomic mass is 9.56. The Bertz CT molecular complexity index is 2700. The Kier molecular flexibility index (Phi) is 13.4. The Morgan fingerprint density at radius 3 is 1.19 bits per heavy atom. The molecule has 2 N–H and O–H groups in total. The van der Waals surface area contributed by atoms with Crippen LogP contribution in [0.4, 0.5) is 26.3 Å². The van der Waals surface area contributed by atoms with Gasteiger partial charge in [0.15, 0.2) is 0 Å². The van der Waals surface area contributed by atoms with E-state index in [1.165, 1.54) is 24.3 Å². The fourth-order valence-corrected chi connectivity index (χ4v) is 11.3. The van der Waals surface area contributed by atoms with Crippen molar-refractivity contribution in [2.75, 3.05) is 0 Å². The minimum Gasteiger partial charge on any atom is -0.346 e. The third-order valence-corrected chi connectivity index (χ3v) is 15.6. The number of rotatable bonds is 10. The lowest BCUT2D eigenvalue weighted by Crippen LogP contribution is -2.56. The monoisotopic (exact) mass is 968 g/mol. The second-order valence-electron chi connectivity index (χ2n) is 19.7. The number of fused-ring (bicyclic) bond motifs is 8. The number of alkyl halides is 6. The van der Waals surface area contributed by atoms with Gasteiger partial charge >= 0.3 is 12.4 Å². The second kappa shape index (κ2) is 18.8. The summed E-state index contributed by atoms with van der Waals surface area (Å²) in [5.41, 5.74) is 3.73. The number of halogens is 7. The van der Waals surface area contributed by atoms with Gasteiger partial charge in [0, 0.05) is 36.3 Å². The molecule has 69 heavy (non-hydrogen) atoms. The molecule has 4 aromatic heterocycles. The molecule has 6 aromatic rings. The number of carbonyl (C=O) groups excluding carboxylic acids is 2. The molecule has 17 heteroatoms. The van der Waals surface area contributed by atoms with Crippen LogP contribution in [-0.2, 0) is 25.2 Å². The van der Waals surface area contributed by atoms with E-state index in [4.69, 9.17) is 10.5 Å². The molecule has 6 saturated carbocycles. The van der Waals surface area contributed by atoms with Crippen LogP contribution in [0.1, 0.15) is 144 Å². The smallest absolute Gasteiger partial charge is 0.346 e. The third kappa shape index (κ3) is 10.0. The zero-order valence-corrected chi connectivity index (χ0v) is 38.5. The normalized spacial score (nSPS) is 23.8. The average molecular weight is 969 g/mol. The maximum absolute atomic E-state index is 13.4. The van der Waals surface area contributed by atoms with Crippen LogP contribution in [0.5, 0.6) is 0 Å². The Balaban J connectivity index is 0.000000183. The molecule has 2 aromatic carbocycles. The van der Waals surface area contributed by atoms with Gasteiger partial charge in [-0.1, -0.05) is 36.4 Å². The summed E-state index contributed by atoms with van der Waals surface area (Å²) in [6.07, 6.45) is 10.8. The molecule has 6 aliphatic carbocycles. The van der Waals surface area contributed by atoms with E-state index < -0.39 is 23.5 Å². The van der Waals surface area contributed by atoms with Crippen molar-refractivity contribution in [1.29, 1.82) is 10.5 Å². The molecule has 4 heterocycles. The molecule has 10 nitrogen and oxygen atoms in total. The molecule has 0 unspecified atom stereocenters. The SMILES string of the molecule is Cl.N#CCC12CCC(NC(=O)c3cnn4cccc(Cc5ccc(C(F)(F)F)cc5)c34)(CC1)CC2.N#CCC12CCC(NC(=O)c3cnn4cccc(Cc5ccc(C(F)(F)F)cc5)c34)(CC1)CC2. The molecule has 12 rings (SSSR count). The molecule has 360 valence electrons. The quantitative estimate of drug-likeness (QED) is 0.131. The number of amides is 2. The van der Waals surface area contributed by atoms with Gasteiger partial charge in [0.1, 0.15) is 0 Å². The fraction of sp³-hybridized carbons (Fsp3) is 0.423. The summed E-state index contributed by atoms with van der Waals surface area (Å²) in [6, 6.07) is 22.3. The van der Waals surface area contributed by atoms with Crippen LogP contribution in [0.2, 0.25) is 0 Å². The third-order valence-electron chi connectivity index (χ3n) is 15.6. The van der Waals surface area contributed by atoms with Crippen LogP contribution >= 0.6 is 12.4 Å². The maximum Gasteiger partial charge on any atom is 0.416 e. The minimum atomic E-state index is -4.37. The molecule has 2 amide bonds. The second-order valence-corrected chi connectivity index (χ2v) is 19.7. The molecule has 6 fully saturated rings. The van der Waals surface area contributed by atoms with Crippen molar-refractivity contribution >= 4 is 35.3 Å². The molecular weight excluding hydrogens is 918 g/mol. The largest absolute Gasteiger partial charge is 0.416 e. The molecule has 0 aliphatic heterocycles. The topological polar surface area (TPSA) is 140 Å². The van der Waals surface area contributed by atoms with Gasteiger partial charge in [0.2, 0.25) is 0 Å².